The van der Waals surface area contributed by atoms with Gasteiger partial charge in [0.25, 0.3) is 0 Å². The number of nitrogens with zero attached hydrogens (tertiary/aromatic N) is 1. The molecule has 2 rings (SSSR count). The predicted molar refractivity (Wildman–Crippen MR) is 56.6 cm³/mol. The van der Waals surface area contributed by atoms with Gasteiger partial charge in [-0.15, -0.1) is 0 Å². The summed E-state index contributed by atoms with van der Waals surface area (Å²) in [5.41, 5.74) is 5.88. The fourth-order valence-electron chi connectivity index (χ4n) is 2.00. The first-order valence-electron chi connectivity index (χ1n) is 5.30. The Morgan fingerprint density at radius 2 is 2.47 bits per heavy atom. The van der Waals surface area contributed by atoms with Crippen LogP contribution in [0.3, 0.4) is 0 Å². The number of piperidine rings is 1. The van der Waals surface area contributed by atoms with Gasteiger partial charge in [-0.1, -0.05) is 0 Å². The minimum Gasteiger partial charge on any atom is -0.457 e. The van der Waals surface area contributed by atoms with E-state index in [1.165, 1.54) is 0 Å². The van der Waals surface area contributed by atoms with Gasteiger partial charge in [-0.25, -0.2) is 0 Å². The lowest BCUT2D eigenvalue weighted by Gasteiger charge is -2.29. The van der Waals surface area contributed by atoms with Crippen LogP contribution in [0.4, 0.5) is 0 Å². The fourth-order valence-corrected chi connectivity index (χ4v) is 2.00. The van der Waals surface area contributed by atoms with Crippen molar-refractivity contribution in [3.05, 3.63) is 23.7 Å². The molecule has 0 aliphatic carbocycles. The number of hydrogen-bond acceptors (Lipinski definition) is 4. The number of likely N-dealkylation sites (tertiary alicyclic amines) is 1. The lowest BCUT2D eigenvalue weighted by Crippen LogP contribution is -2.42. The second kappa shape index (κ2) is 4.59. The molecule has 0 spiro atoms. The lowest BCUT2D eigenvalue weighted by molar-refractivity contribution is 0.109. The van der Waals surface area contributed by atoms with E-state index < -0.39 is 0 Å². The van der Waals surface area contributed by atoms with Crippen molar-refractivity contribution in [3.63, 3.8) is 0 Å². The molecule has 4 nitrogen and oxygen atoms in total. The SMILES string of the molecule is NC1CCCN(Cc2ccc(C=O)o2)C1. The summed E-state index contributed by atoms with van der Waals surface area (Å²) in [6.45, 7) is 2.73. The Morgan fingerprint density at radius 3 is 3.13 bits per heavy atom. The largest absolute Gasteiger partial charge is 0.457 e. The van der Waals surface area contributed by atoms with E-state index in [-0.39, 0.29) is 6.04 Å². The first-order chi connectivity index (χ1) is 7.28. The molecule has 82 valence electrons. The van der Waals surface area contributed by atoms with Crippen molar-refractivity contribution in [2.24, 2.45) is 5.73 Å². The van der Waals surface area contributed by atoms with Crippen molar-refractivity contribution in [2.45, 2.75) is 25.4 Å². The third kappa shape index (κ3) is 2.67. The monoisotopic (exact) mass is 208 g/mol. The molecule has 1 aromatic rings. The third-order valence-electron chi connectivity index (χ3n) is 2.72. The maximum atomic E-state index is 10.4. The standard InChI is InChI=1S/C11H16N2O2/c12-9-2-1-5-13(6-9)7-10-3-4-11(8-14)15-10/h3-4,8-9H,1-2,5-7,12H2. The summed E-state index contributed by atoms with van der Waals surface area (Å²) < 4.78 is 5.32. The van der Waals surface area contributed by atoms with Crippen LogP contribution < -0.4 is 5.73 Å². The van der Waals surface area contributed by atoms with Crippen molar-refractivity contribution >= 4 is 6.29 Å². The van der Waals surface area contributed by atoms with Crippen molar-refractivity contribution in [2.75, 3.05) is 13.1 Å². The van der Waals surface area contributed by atoms with Crippen LogP contribution >= 0.6 is 0 Å². The maximum Gasteiger partial charge on any atom is 0.185 e. The van der Waals surface area contributed by atoms with E-state index in [1.54, 1.807) is 6.07 Å². The molecule has 2 N–H and O–H groups in total. The molecule has 0 aromatic carbocycles. The van der Waals surface area contributed by atoms with Gasteiger partial charge in [0.1, 0.15) is 5.76 Å². The van der Waals surface area contributed by atoms with Crippen molar-refractivity contribution in [1.82, 2.24) is 4.90 Å². The first-order valence-corrected chi connectivity index (χ1v) is 5.30. The van der Waals surface area contributed by atoms with E-state index in [1.807, 2.05) is 6.07 Å². The summed E-state index contributed by atoms with van der Waals surface area (Å²) in [4.78, 5) is 12.7. The fraction of sp³-hybridized carbons (Fsp3) is 0.545. The minimum atomic E-state index is 0.277. The van der Waals surface area contributed by atoms with Gasteiger partial charge in [-0.05, 0) is 31.5 Å². The first kappa shape index (κ1) is 10.4. The number of rotatable bonds is 3. The highest BCUT2D eigenvalue weighted by molar-refractivity contribution is 5.70. The normalized spacial score (nSPS) is 22.9. The number of furan rings is 1. The van der Waals surface area contributed by atoms with Gasteiger partial charge in [0.2, 0.25) is 0 Å². The summed E-state index contributed by atoms with van der Waals surface area (Å²) in [5.74, 6) is 1.23. The van der Waals surface area contributed by atoms with E-state index in [0.717, 1.165) is 44.5 Å². The average molecular weight is 208 g/mol. The van der Waals surface area contributed by atoms with Crippen LogP contribution in [0.2, 0.25) is 0 Å². The van der Waals surface area contributed by atoms with Crippen LogP contribution in [0.15, 0.2) is 16.5 Å². The van der Waals surface area contributed by atoms with Gasteiger partial charge in [0.15, 0.2) is 12.0 Å². The van der Waals surface area contributed by atoms with Gasteiger partial charge < -0.3 is 10.2 Å². The number of nitrogens with two attached hydrogens (primary N) is 1. The molecule has 1 aliphatic heterocycles. The average Bonchev–Trinajstić information content (AvgIpc) is 2.65. The van der Waals surface area contributed by atoms with Crippen LogP contribution in [0.1, 0.15) is 29.2 Å². The van der Waals surface area contributed by atoms with Crippen molar-refractivity contribution in [1.29, 1.82) is 0 Å². The Bertz CT molecular complexity index is 335. The molecular weight excluding hydrogens is 192 g/mol. The zero-order valence-corrected chi connectivity index (χ0v) is 8.69. The lowest BCUT2D eigenvalue weighted by atomic mass is 10.1. The Hall–Kier alpha value is -1.13. The van der Waals surface area contributed by atoms with E-state index in [9.17, 15) is 4.79 Å². The highest BCUT2D eigenvalue weighted by atomic mass is 16.3. The number of carbonyl (C=O) groups excluding carboxylic acids is 1. The van der Waals surface area contributed by atoms with Crippen LogP contribution in [0, 0.1) is 0 Å². The number of carbonyl (C=O) groups is 1. The molecular formula is C11H16N2O2. The molecule has 0 bridgehead atoms. The highest BCUT2D eigenvalue weighted by Gasteiger charge is 2.17. The summed E-state index contributed by atoms with van der Waals surface area (Å²) >= 11 is 0. The predicted octanol–water partition coefficient (Wildman–Crippen LogP) is 1.02. The van der Waals surface area contributed by atoms with E-state index in [4.69, 9.17) is 10.2 Å². The maximum absolute atomic E-state index is 10.4. The Labute approximate surface area is 89.0 Å². The summed E-state index contributed by atoms with van der Waals surface area (Å²) in [5, 5.41) is 0. The van der Waals surface area contributed by atoms with E-state index in [0.29, 0.717) is 5.76 Å². The summed E-state index contributed by atoms with van der Waals surface area (Å²) in [6.07, 6.45) is 2.97. The van der Waals surface area contributed by atoms with Crippen LogP contribution in [0.5, 0.6) is 0 Å². The minimum absolute atomic E-state index is 0.277. The highest BCUT2D eigenvalue weighted by Crippen LogP contribution is 2.14. The molecule has 0 amide bonds. The molecule has 1 aromatic heterocycles. The zero-order chi connectivity index (χ0) is 10.7. The van der Waals surface area contributed by atoms with Gasteiger partial charge in [0, 0.05) is 12.6 Å². The molecule has 0 radical (unpaired) electrons. The molecule has 0 saturated carbocycles. The van der Waals surface area contributed by atoms with Crippen LogP contribution in [-0.4, -0.2) is 30.3 Å². The van der Waals surface area contributed by atoms with E-state index in [2.05, 4.69) is 4.90 Å². The van der Waals surface area contributed by atoms with Gasteiger partial charge >= 0.3 is 0 Å². The molecule has 4 heteroatoms. The second-order valence-electron chi connectivity index (χ2n) is 4.06. The topological polar surface area (TPSA) is 59.5 Å². The second-order valence-corrected chi connectivity index (χ2v) is 4.06. The molecule has 1 unspecified atom stereocenters. The van der Waals surface area contributed by atoms with E-state index >= 15 is 0 Å². The van der Waals surface area contributed by atoms with Gasteiger partial charge in [0.05, 0.1) is 6.54 Å². The van der Waals surface area contributed by atoms with Crippen molar-refractivity contribution < 1.29 is 9.21 Å². The number of hydrogen-bond donors (Lipinski definition) is 1. The molecule has 1 aliphatic rings. The Balaban J connectivity index is 1.92. The quantitative estimate of drug-likeness (QED) is 0.753. The van der Waals surface area contributed by atoms with Crippen molar-refractivity contribution in [3.8, 4) is 0 Å². The Kier molecular flexibility index (Phi) is 3.18. The Morgan fingerprint density at radius 1 is 1.60 bits per heavy atom. The molecule has 15 heavy (non-hydrogen) atoms. The molecule has 2 heterocycles. The van der Waals surface area contributed by atoms with Crippen LogP contribution in [-0.2, 0) is 6.54 Å². The summed E-state index contributed by atoms with van der Waals surface area (Å²) in [7, 11) is 0. The van der Waals surface area contributed by atoms with Gasteiger partial charge in [-0.2, -0.15) is 0 Å². The molecule has 1 saturated heterocycles. The van der Waals surface area contributed by atoms with Crippen LogP contribution in [0.25, 0.3) is 0 Å². The molecule has 1 fully saturated rings. The zero-order valence-electron chi connectivity index (χ0n) is 8.69. The smallest absolute Gasteiger partial charge is 0.185 e. The molecule has 1 atom stereocenters. The third-order valence-corrected chi connectivity index (χ3v) is 2.72. The number of aldehydes is 1. The van der Waals surface area contributed by atoms with Gasteiger partial charge in [-0.3, -0.25) is 9.69 Å². The summed E-state index contributed by atoms with van der Waals surface area (Å²) in [6, 6.07) is 3.83.